The van der Waals surface area contributed by atoms with Crippen LogP contribution in [0.25, 0.3) is 0 Å². The lowest BCUT2D eigenvalue weighted by Gasteiger charge is -2.12. The average Bonchev–Trinajstić information content (AvgIpc) is 2.40. The number of halogens is 3. The molecule has 2 rings (SSSR count). The predicted molar refractivity (Wildman–Crippen MR) is 86.2 cm³/mol. The van der Waals surface area contributed by atoms with E-state index >= 15 is 0 Å². The summed E-state index contributed by atoms with van der Waals surface area (Å²) in [6, 6.07) is 2.83. The highest BCUT2D eigenvalue weighted by atomic mass is 79.9. The van der Waals surface area contributed by atoms with E-state index in [1.54, 1.807) is 6.07 Å². The van der Waals surface area contributed by atoms with Gasteiger partial charge in [-0.05, 0) is 44.0 Å². The highest BCUT2D eigenvalue weighted by molar-refractivity contribution is 9.10. The van der Waals surface area contributed by atoms with Crippen LogP contribution in [0.5, 0.6) is 5.75 Å². The van der Waals surface area contributed by atoms with Crippen LogP contribution < -0.4 is 9.46 Å². The van der Waals surface area contributed by atoms with Crippen molar-refractivity contribution in [3.05, 3.63) is 38.6 Å². The zero-order chi connectivity index (χ0) is 15.6. The number of nitrogens with one attached hydrogen (secondary N) is 1. The SMILES string of the molecule is COc1c(Br)cc(Cl)cc1S(=O)(=O)Nc1cnc(Br)cn1. The van der Waals surface area contributed by atoms with Crippen molar-refractivity contribution in [1.29, 1.82) is 0 Å². The highest BCUT2D eigenvalue weighted by Gasteiger charge is 2.23. The fourth-order valence-electron chi connectivity index (χ4n) is 1.49. The second-order valence-electron chi connectivity index (χ2n) is 3.75. The number of hydrogen-bond donors (Lipinski definition) is 1. The van der Waals surface area contributed by atoms with Crippen LogP contribution in [-0.2, 0) is 10.0 Å². The quantitative estimate of drug-likeness (QED) is 0.761. The van der Waals surface area contributed by atoms with Gasteiger partial charge in [0.15, 0.2) is 11.6 Å². The third-order valence-electron chi connectivity index (χ3n) is 2.33. The van der Waals surface area contributed by atoms with Crippen LogP contribution >= 0.6 is 43.5 Å². The Hall–Kier alpha value is -0.900. The van der Waals surface area contributed by atoms with Crippen LogP contribution in [0.1, 0.15) is 0 Å². The monoisotopic (exact) mass is 455 g/mol. The standard InChI is InChI=1S/C11H8Br2ClN3O3S/c1-20-11-7(12)2-6(14)3-8(11)21(18,19)17-10-5-15-9(13)4-16-10/h2-5H,1H3,(H,16,17). The number of hydrogen-bond acceptors (Lipinski definition) is 5. The fourth-order valence-corrected chi connectivity index (χ4v) is 4.08. The average molecular weight is 458 g/mol. The van der Waals surface area contributed by atoms with Crippen molar-refractivity contribution < 1.29 is 13.2 Å². The molecule has 112 valence electrons. The van der Waals surface area contributed by atoms with E-state index in [9.17, 15) is 8.42 Å². The lowest BCUT2D eigenvalue weighted by Crippen LogP contribution is -2.15. The number of benzene rings is 1. The predicted octanol–water partition coefficient (Wildman–Crippen LogP) is 3.46. The normalized spacial score (nSPS) is 11.2. The third-order valence-corrected chi connectivity index (χ3v) is 4.90. The summed E-state index contributed by atoms with van der Waals surface area (Å²) >= 11 is 12.2. The Morgan fingerprint density at radius 2 is 1.95 bits per heavy atom. The molecule has 0 fully saturated rings. The molecule has 0 unspecified atom stereocenters. The molecule has 0 aliphatic rings. The molecule has 0 radical (unpaired) electrons. The first-order chi connectivity index (χ1) is 9.83. The van der Waals surface area contributed by atoms with Crippen molar-refractivity contribution >= 4 is 59.3 Å². The Balaban J connectivity index is 2.46. The first kappa shape index (κ1) is 16.5. The molecule has 0 atom stereocenters. The van der Waals surface area contributed by atoms with E-state index in [1.165, 1.54) is 25.6 Å². The van der Waals surface area contributed by atoms with Crippen LogP contribution in [0.15, 0.2) is 38.5 Å². The number of methoxy groups -OCH3 is 1. The van der Waals surface area contributed by atoms with Gasteiger partial charge in [0.05, 0.1) is 24.0 Å². The van der Waals surface area contributed by atoms with Crippen molar-refractivity contribution in [1.82, 2.24) is 9.97 Å². The third kappa shape index (κ3) is 3.85. The Labute approximate surface area is 143 Å². The van der Waals surface area contributed by atoms with Crippen LogP contribution in [0, 0.1) is 0 Å². The van der Waals surface area contributed by atoms with Gasteiger partial charge in [-0.15, -0.1) is 0 Å². The molecule has 10 heteroatoms. The van der Waals surface area contributed by atoms with Gasteiger partial charge in [-0.25, -0.2) is 18.4 Å². The maximum absolute atomic E-state index is 12.4. The number of sulfonamides is 1. The fraction of sp³-hybridized carbons (Fsp3) is 0.0909. The lowest BCUT2D eigenvalue weighted by molar-refractivity contribution is 0.400. The minimum absolute atomic E-state index is 0.0800. The van der Waals surface area contributed by atoms with E-state index < -0.39 is 10.0 Å². The Bertz CT molecular complexity index is 769. The molecule has 0 spiro atoms. The van der Waals surface area contributed by atoms with Crippen LogP contribution in [0.2, 0.25) is 5.02 Å². The molecule has 6 nitrogen and oxygen atoms in total. The van der Waals surface area contributed by atoms with Crippen molar-refractivity contribution in [2.75, 3.05) is 11.8 Å². The van der Waals surface area contributed by atoms with E-state index in [2.05, 4.69) is 46.5 Å². The summed E-state index contributed by atoms with van der Waals surface area (Å²) in [5, 5.41) is 0.255. The molecular formula is C11H8Br2ClN3O3S. The molecular weight excluding hydrogens is 449 g/mol. The van der Waals surface area contributed by atoms with E-state index in [1.807, 2.05) is 0 Å². The van der Waals surface area contributed by atoms with Gasteiger partial charge in [-0.3, -0.25) is 4.72 Å². The van der Waals surface area contributed by atoms with Crippen molar-refractivity contribution in [3.8, 4) is 5.75 Å². The smallest absolute Gasteiger partial charge is 0.266 e. The van der Waals surface area contributed by atoms with Crippen molar-refractivity contribution in [2.24, 2.45) is 0 Å². The summed E-state index contributed by atoms with van der Waals surface area (Å²) in [7, 11) is -2.55. The molecule has 0 bridgehead atoms. The van der Waals surface area contributed by atoms with Crippen molar-refractivity contribution in [2.45, 2.75) is 4.90 Å². The highest BCUT2D eigenvalue weighted by Crippen LogP contribution is 2.35. The van der Waals surface area contributed by atoms with E-state index in [-0.39, 0.29) is 21.5 Å². The molecule has 1 N–H and O–H groups in total. The summed E-state index contributed by atoms with van der Waals surface area (Å²) in [6.07, 6.45) is 2.66. The number of nitrogens with zero attached hydrogens (tertiary/aromatic N) is 2. The van der Waals surface area contributed by atoms with Gasteiger partial charge in [-0.2, -0.15) is 0 Å². The van der Waals surface area contributed by atoms with Crippen molar-refractivity contribution in [3.63, 3.8) is 0 Å². The molecule has 1 heterocycles. The molecule has 0 saturated heterocycles. The Morgan fingerprint density at radius 3 is 2.52 bits per heavy atom. The summed E-state index contributed by atoms with van der Waals surface area (Å²) < 4.78 is 33.2. The molecule has 2 aromatic rings. The van der Waals surface area contributed by atoms with Gasteiger partial charge in [0.25, 0.3) is 10.0 Å². The zero-order valence-corrected chi connectivity index (χ0v) is 15.2. The lowest BCUT2D eigenvalue weighted by atomic mass is 10.3. The molecule has 0 amide bonds. The minimum Gasteiger partial charge on any atom is -0.494 e. The summed E-state index contributed by atoms with van der Waals surface area (Å²) in [5.74, 6) is 0.230. The van der Waals surface area contributed by atoms with E-state index in [0.717, 1.165) is 0 Å². The number of aromatic nitrogens is 2. The summed E-state index contributed by atoms with van der Waals surface area (Å²) in [4.78, 5) is 7.70. The molecule has 1 aromatic heterocycles. The van der Waals surface area contributed by atoms with Gasteiger partial charge in [-0.1, -0.05) is 11.6 Å². The second-order valence-corrected chi connectivity index (χ2v) is 7.50. The second kappa shape index (κ2) is 6.47. The zero-order valence-electron chi connectivity index (χ0n) is 10.5. The minimum atomic E-state index is -3.92. The van der Waals surface area contributed by atoms with Gasteiger partial charge in [0.1, 0.15) is 9.50 Å². The first-order valence-electron chi connectivity index (χ1n) is 5.37. The maximum atomic E-state index is 12.4. The Morgan fingerprint density at radius 1 is 1.24 bits per heavy atom. The topological polar surface area (TPSA) is 81.2 Å². The maximum Gasteiger partial charge on any atom is 0.266 e. The number of ether oxygens (including phenoxy) is 1. The number of anilines is 1. The molecule has 21 heavy (non-hydrogen) atoms. The largest absolute Gasteiger partial charge is 0.494 e. The van der Waals surface area contributed by atoms with Gasteiger partial charge in [0, 0.05) is 5.02 Å². The van der Waals surface area contributed by atoms with E-state index in [4.69, 9.17) is 16.3 Å². The van der Waals surface area contributed by atoms with Crippen LogP contribution in [0.3, 0.4) is 0 Å². The number of rotatable bonds is 4. The molecule has 1 aromatic carbocycles. The molecule has 0 aliphatic carbocycles. The van der Waals surface area contributed by atoms with Gasteiger partial charge in [0.2, 0.25) is 0 Å². The summed E-state index contributed by atoms with van der Waals surface area (Å²) in [6.45, 7) is 0. The van der Waals surface area contributed by atoms with Crippen LogP contribution in [-0.4, -0.2) is 25.5 Å². The summed E-state index contributed by atoms with van der Waals surface area (Å²) in [5.41, 5.74) is 0. The van der Waals surface area contributed by atoms with Gasteiger partial charge >= 0.3 is 0 Å². The Kier molecular flexibility index (Phi) is 5.07. The van der Waals surface area contributed by atoms with E-state index in [0.29, 0.717) is 9.08 Å². The van der Waals surface area contributed by atoms with Crippen LogP contribution in [0.4, 0.5) is 5.82 Å². The molecule has 0 aliphatic heterocycles. The van der Waals surface area contributed by atoms with Gasteiger partial charge < -0.3 is 4.74 Å². The first-order valence-corrected chi connectivity index (χ1v) is 8.81. The molecule has 0 saturated carbocycles.